The second-order valence-corrected chi connectivity index (χ2v) is 2.79. The van der Waals surface area contributed by atoms with Gasteiger partial charge in [0.05, 0.1) is 11.4 Å². The Morgan fingerprint density at radius 2 is 1.54 bits per heavy atom. The minimum absolute atomic E-state index is 0. The molecule has 2 aromatic carbocycles. The van der Waals surface area contributed by atoms with Crippen LogP contribution in [0, 0.1) is 0 Å². The molecule has 0 aliphatic heterocycles. The molecule has 4 N–H and O–H groups in total. The van der Waals surface area contributed by atoms with Crippen LogP contribution in [0.1, 0.15) is 0 Å². The molecule has 2 aromatic rings. The van der Waals surface area contributed by atoms with Crippen LogP contribution in [-0.4, -0.2) is 17.1 Å². The van der Waals surface area contributed by atoms with Crippen molar-refractivity contribution in [3.05, 3.63) is 36.4 Å². The summed E-state index contributed by atoms with van der Waals surface area (Å²) in [6, 6.07) is 11.7. The van der Waals surface area contributed by atoms with E-state index in [2.05, 4.69) is 0 Å². The van der Waals surface area contributed by atoms with Crippen LogP contribution in [-0.2, 0) is 0 Å². The van der Waals surface area contributed by atoms with Gasteiger partial charge in [0.15, 0.2) is 0 Å². The Bertz CT molecular complexity index is 426. The zero-order valence-corrected chi connectivity index (χ0v) is 8.74. The van der Waals surface area contributed by atoms with Gasteiger partial charge < -0.3 is 11.5 Å². The molecule has 0 bridgehead atoms. The number of fused-ring (bicyclic) bond motifs is 1. The van der Waals surface area contributed by atoms with Crippen molar-refractivity contribution in [2.45, 2.75) is 0 Å². The zero-order chi connectivity index (χ0) is 8.55. The number of nitrogens with two attached hydrogens (primary N) is 2. The van der Waals surface area contributed by atoms with Crippen molar-refractivity contribution in [2.24, 2.45) is 0 Å². The molecule has 0 unspecified atom stereocenters. The first-order valence-corrected chi connectivity index (χ1v) is 3.82. The van der Waals surface area contributed by atoms with Gasteiger partial charge in [-0.2, -0.15) is 0 Å². The van der Waals surface area contributed by atoms with Gasteiger partial charge in [-0.1, -0.05) is 30.3 Å². The molecule has 0 aliphatic rings. The molecule has 0 amide bonds. The van der Waals surface area contributed by atoms with Crippen LogP contribution in [0.3, 0.4) is 0 Å². The first-order chi connectivity index (χ1) is 5.79. The number of rotatable bonds is 0. The maximum Gasteiger partial charge on any atom is 0.0627 e. The molecule has 66 valence electrons. The molecular weight excluding hydrogens is 227 g/mol. The third kappa shape index (κ3) is 1.62. The van der Waals surface area contributed by atoms with Crippen LogP contribution in [0.15, 0.2) is 36.4 Å². The fourth-order valence-corrected chi connectivity index (χ4v) is 1.31. The van der Waals surface area contributed by atoms with Crippen LogP contribution in [0.5, 0.6) is 0 Å². The molecule has 13 heavy (non-hydrogen) atoms. The average Bonchev–Trinajstić information content (AvgIpc) is 2.12. The van der Waals surface area contributed by atoms with E-state index in [4.69, 9.17) is 11.5 Å². The van der Waals surface area contributed by atoms with Gasteiger partial charge in [0.25, 0.3) is 0 Å². The molecule has 0 aromatic heterocycles. The predicted molar refractivity (Wildman–Crippen MR) is 58.5 cm³/mol. The Labute approximate surface area is 87.4 Å². The quantitative estimate of drug-likeness (QED) is 0.540. The SMILES string of the molecule is Nc1ccc2ccccc2c1N.[Se]. The van der Waals surface area contributed by atoms with E-state index in [1.165, 1.54) is 0 Å². The van der Waals surface area contributed by atoms with Crippen molar-refractivity contribution in [1.82, 2.24) is 0 Å². The van der Waals surface area contributed by atoms with Gasteiger partial charge in [0.2, 0.25) is 0 Å². The van der Waals surface area contributed by atoms with E-state index >= 15 is 0 Å². The summed E-state index contributed by atoms with van der Waals surface area (Å²) < 4.78 is 0. The van der Waals surface area contributed by atoms with Crippen LogP contribution < -0.4 is 11.5 Å². The minimum Gasteiger partial charge on any atom is -0.397 e. The first-order valence-electron chi connectivity index (χ1n) is 3.82. The second-order valence-electron chi connectivity index (χ2n) is 2.79. The van der Waals surface area contributed by atoms with E-state index < -0.39 is 0 Å². The minimum atomic E-state index is 0. The summed E-state index contributed by atoms with van der Waals surface area (Å²) >= 11 is 0. The zero-order valence-electron chi connectivity index (χ0n) is 7.03. The molecule has 0 spiro atoms. The largest absolute Gasteiger partial charge is 0.397 e. The molecule has 3 heteroatoms. The van der Waals surface area contributed by atoms with Crippen molar-refractivity contribution in [3.8, 4) is 0 Å². The van der Waals surface area contributed by atoms with Crippen LogP contribution in [0.2, 0.25) is 0 Å². The van der Waals surface area contributed by atoms with Crippen LogP contribution in [0.4, 0.5) is 11.4 Å². The third-order valence-electron chi connectivity index (χ3n) is 2.00. The normalized spacial score (nSPS) is 9.54. The molecule has 0 fully saturated rings. The summed E-state index contributed by atoms with van der Waals surface area (Å²) in [6.07, 6.45) is 0. The molecule has 2 rings (SSSR count). The van der Waals surface area contributed by atoms with Gasteiger partial charge in [0, 0.05) is 22.5 Å². The van der Waals surface area contributed by atoms with Crippen LogP contribution in [0.25, 0.3) is 10.8 Å². The van der Waals surface area contributed by atoms with Crippen molar-refractivity contribution in [3.63, 3.8) is 0 Å². The molecular formula is C10H10N2Se. The molecule has 0 saturated carbocycles. The van der Waals surface area contributed by atoms with E-state index in [0.717, 1.165) is 10.8 Å². The van der Waals surface area contributed by atoms with E-state index in [0.29, 0.717) is 11.4 Å². The standard InChI is InChI=1S/C10H10N2.Se/c11-9-6-5-7-3-1-2-4-8(7)10(9)12;/h1-6H,11-12H2;. The monoisotopic (exact) mass is 238 g/mol. The van der Waals surface area contributed by atoms with Crippen molar-refractivity contribution < 1.29 is 0 Å². The Hall–Kier alpha value is -1.18. The Kier molecular flexibility index (Phi) is 2.81. The molecule has 2 nitrogen and oxygen atoms in total. The number of anilines is 2. The fraction of sp³-hybridized carbons (Fsp3) is 0. The molecule has 0 atom stereocenters. The molecule has 0 heterocycles. The average molecular weight is 237 g/mol. The second kappa shape index (κ2) is 3.69. The molecule has 0 aliphatic carbocycles. The smallest absolute Gasteiger partial charge is 0.0627 e. The number of benzene rings is 2. The molecule has 0 saturated heterocycles. The number of hydrogen-bond acceptors (Lipinski definition) is 2. The van der Waals surface area contributed by atoms with Gasteiger partial charge in [-0.3, -0.25) is 0 Å². The summed E-state index contributed by atoms with van der Waals surface area (Å²) in [6.45, 7) is 0. The van der Waals surface area contributed by atoms with E-state index in [1.807, 2.05) is 36.4 Å². The summed E-state index contributed by atoms with van der Waals surface area (Å²) in [5.41, 5.74) is 12.8. The number of hydrogen-bond donors (Lipinski definition) is 2. The predicted octanol–water partition coefficient (Wildman–Crippen LogP) is 1.62. The number of nitrogen functional groups attached to an aromatic ring is 2. The van der Waals surface area contributed by atoms with E-state index in [-0.39, 0.29) is 17.1 Å². The summed E-state index contributed by atoms with van der Waals surface area (Å²) in [4.78, 5) is 0. The van der Waals surface area contributed by atoms with Gasteiger partial charge >= 0.3 is 0 Å². The van der Waals surface area contributed by atoms with E-state index in [1.54, 1.807) is 0 Å². The first kappa shape index (κ1) is 9.90. The summed E-state index contributed by atoms with van der Waals surface area (Å²) in [5, 5.41) is 2.15. The third-order valence-corrected chi connectivity index (χ3v) is 2.00. The Balaban J connectivity index is 0.000000845. The topological polar surface area (TPSA) is 52.0 Å². The van der Waals surface area contributed by atoms with Crippen LogP contribution >= 0.6 is 0 Å². The van der Waals surface area contributed by atoms with Crippen molar-refractivity contribution in [2.75, 3.05) is 11.5 Å². The fourth-order valence-electron chi connectivity index (χ4n) is 1.31. The van der Waals surface area contributed by atoms with Gasteiger partial charge in [-0.05, 0) is 11.5 Å². The van der Waals surface area contributed by atoms with Crippen molar-refractivity contribution >= 4 is 39.2 Å². The molecule has 2 radical (unpaired) electrons. The van der Waals surface area contributed by atoms with Gasteiger partial charge in [-0.15, -0.1) is 0 Å². The summed E-state index contributed by atoms with van der Waals surface area (Å²) in [7, 11) is 0. The maximum absolute atomic E-state index is 5.79. The Morgan fingerprint density at radius 1 is 0.846 bits per heavy atom. The van der Waals surface area contributed by atoms with E-state index in [9.17, 15) is 0 Å². The van der Waals surface area contributed by atoms with Gasteiger partial charge in [-0.25, -0.2) is 0 Å². The summed E-state index contributed by atoms with van der Waals surface area (Å²) in [5.74, 6) is 0. The van der Waals surface area contributed by atoms with Gasteiger partial charge in [0.1, 0.15) is 0 Å². The Morgan fingerprint density at radius 3 is 2.31 bits per heavy atom. The van der Waals surface area contributed by atoms with Crippen molar-refractivity contribution in [1.29, 1.82) is 0 Å². The maximum atomic E-state index is 5.79.